The van der Waals surface area contributed by atoms with Crippen molar-refractivity contribution in [3.8, 4) is 0 Å². The summed E-state index contributed by atoms with van der Waals surface area (Å²) in [5, 5.41) is 3.06. The van der Waals surface area contributed by atoms with Crippen molar-refractivity contribution in [1.82, 2.24) is 5.32 Å². The molecule has 0 spiro atoms. The Morgan fingerprint density at radius 3 is 1.24 bits per heavy atom. The first-order chi connectivity index (χ1) is 36.4. The highest BCUT2D eigenvalue weighted by atomic mass is 31.2. The van der Waals surface area contributed by atoms with E-state index < -0.39 is 20.0 Å². The van der Waals surface area contributed by atoms with Crippen molar-refractivity contribution >= 4 is 19.7 Å². The Morgan fingerprint density at radius 2 is 0.813 bits per heavy atom. The molecule has 440 valence electrons. The van der Waals surface area contributed by atoms with Crippen LogP contribution in [0.1, 0.15) is 303 Å². The van der Waals surface area contributed by atoms with E-state index in [-0.39, 0.29) is 31.5 Å². The van der Waals surface area contributed by atoms with Crippen LogP contribution >= 0.6 is 7.82 Å². The summed E-state index contributed by atoms with van der Waals surface area (Å²) >= 11 is 0. The van der Waals surface area contributed by atoms with Crippen LogP contribution in [0.2, 0.25) is 0 Å². The zero-order valence-corrected chi connectivity index (χ0v) is 51.2. The maximum Gasteiger partial charge on any atom is 0.472 e. The first kappa shape index (κ1) is 73.0. The van der Waals surface area contributed by atoms with E-state index in [0.29, 0.717) is 17.4 Å². The van der Waals surface area contributed by atoms with E-state index in [0.717, 1.165) is 64.2 Å². The highest BCUT2D eigenvalue weighted by Crippen LogP contribution is 2.43. The van der Waals surface area contributed by atoms with Gasteiger partial charge in [-0.1, -0.05) is 250 Å². The van der Waals surface area contributed by atoms with E-state index in [1.54, 1.807) is 0 Å². The van der Waals surface area contributed by atoms with Crippen molar-refractivity contribution in [3.63, 3.8) is 0 Å². The number of hydrogen-bond acceptors (Lipinski definition) is 6. The molecule has 0 saturated carbocycles. The van der Waals surface area contributed by atoms with E-state index >= 15 is 0 Å². The second-order valence-electron chi connectivity index (χ2n) is 22.9. The SMILES string of the molecule is CCCCC/C=C\C/C=C\CCCCCCCCCCCC(=O)NC(COP(=O)(O)OCC[N+](C)(C)C)C(/C=C/CCCCCCCCCCC)OC(=O)CCCCCCCCCCC/C=C/CCCCCCCC. The van der Waals surface area contributed by atoms with E-state index in [9.17, 15) is 19.0 Å². The third-order valence-electron chi connectivity index (χ3n) is 14.2. The quantitative estimate of drug-likeness (QED) is 0.0205. The van der Waals surface area contributed by atoms with Crippen LogP contribution in [0.15, 0.2) is 48.6 Å². The molecule has 0 rings (SSSR count). The van der Waals surface area contributed by atoms with Crippen molar-refractivity contribution in [2.45, 2.75) is 315 Å². The molecule has 0 heterocycles. The Bertz CT molecular complexity index is 1420. The molecule has 0 aromatic carbocycles. The number of unbranched alkanes of at least 4 members (excludes halogenated alkanes) is 36. The molecule has 1 amide bonds. The summed E-state index contributed by atoms with van der Waals surface area (Å²) in [4.78, 5) is 37.7. The van der Waals surface area contributed by atoms with Crippen molar-refractivity contribution in [2.24, 2.45) is 0 Å². The summed E-state index contributed by atoms with van der Waals surface area (Å²) in [6.45, 7) is 7.00. The van der Waals surface area contributed by atoms with Gasteiger partial charge in [0.05, 0.1) is 33.8 Å². The molecule has 2 N–H and O–H groups in total. The number of nitrogens with one attached hydrogen (secondary N) is 1. The number of phosphoric acid groups is 1. The van der Waals surface area contributed by atoms with Gasteiger partial charge in [-0.2, -0.15) is 0 Å². The summed E-state index contributed by atoms with van der Waals surface area (Å²) < 4.78 is 30.7. The van der Waals surface area contributed by atoms with Crippen molar-refractivity contribution in [1.29, 1.82) is 0 Å². The van der Waals surface area contributed by atoms with Crippen LogP contribution < -0.4 is 5.32 Å². The number of carbonyl (C=O) groups excluding carboxylic acids is 2. The first-order valence-corrected chi connectivity index (χ1v) is 33.5. The molecule has 10 heteroatoms. The van der Waals surface area contributed by atoms with Gasteiger partial charge in [0, 0.05) is 12.8 Å². The largest absolute Gasteiger partial charge is 0.472 e. The van der Waals surface area contributed by atoms with Gasteiger partial charge >= 0.3 is 13.8 Å². The normalized spacial score (nSPS) is 14.0. The van der Waals surface area contributed by atoms with Crippen molar-refractivity contribution < 1.29 is 37.3 Å². The van der Waals surface area contributed by atoms with Gasteiger partial charge in [0.2, 0.25) is 5.91 Å². The summed E-state index contributed by atoms with van der Waals surface area (Å²) in [6, 6.07) is -0.850. The van der Waals surface area contributed by atoms with Gasteiger partial charge in [0.25, 0.3) is 0 Å². The number of ether oxygens (including phenoxy) is 1. The van der Waals surface area contributed by atoms with E-state index in [1.165, 1.54) is 205 Å². The van der Waals surface area contributed by atoms with Crippen LogP contribution in [0.4, 0.5) is 0 Å². The van der Waals surface area contributed by atoms with Crippen LogP contribution in [-0.2, 0) is 27.9 Å². The average Bonchev–Trinajstić information content (AvgIpc) is 3.37. The van der Waals surface area contributed by atoms with Gasteiger partial charge < -0.3 is 19.4 Å². The molecule has 75 heavy (non-hydrogen) atoms. The molecule has 3 atom stereocenters. The fraction of sp³-hybridized carbons (Fsp3) is 0.846. The number of hydrogen-bond donors (Lipinski definition) is 2. The second kappa shape index (κ2) is 55.3. The number of nitrogens with zero attached hydrogens (tertiary/aromatic N) is 1. The van der Waals surface area contributed by atoms with Gasteiger partial charge in [-0.25, -0.2) is 4.57 Å². The summed E-state index contributed by atoms with van der Waals surface area (Å²) in [5.74, 6) is -0.504. The lowest BCUT2D eigenvalue weighted by atomic mass is 10.0. The van der Waals surface area contributed by atoms with Crippen LogP contribution in [-0.4, -0.2) is 74.3 Å². The third kappa shape index (κ3) is 56.5. The molecule has 0 aliphatic heterocycles. The minimum atomic E-state index is -4.45. The zero-order valence-electron chi connectivity index (χ0n) is 50.3. The average molecular weight is 1080 g/mol. The topological polar surface area (TPSA) is 111 Å². The maximum atomic E-state index is 13.5. The molecule has 0 aromatic rings. The number of rotatable bonds is 58. The number of quaternary nitrogens is 1. The zero-order chi connectivity index (χ0) is 55.0. The van der Waals surface area contributed by atoms with Gasteiger partial charge in [-0.15, -0.1) is 0 Å². The number of esters is 1. The van der Waals surface area contributed by atoms with Crippen LogP contribution in [0, 0.1) is 0 Å². The van der Waals surface area contributed by atoms with Gasteiger partial charge in [-0.05, 0) is 89.5 Å². The first-order valence-electron chi connectivity index (χ1n) is 32.0. The minimum Gasteiger partial charge on any atom is -0.456 e. The van der Waals surface area contributed by atoms with Gasteiger partial charge in [0.1, 0.15) is 19.3 Å². The third-order valence-corrected chi connectivity index (χ3v) is 15.2. The van der Waals surface area contributed by atoms with Gasteiger partial charge in [-0.3, -0.25) is 18.6 Å². The highest BCUT2D eigenvalue weighted by Gasteiger charge is 2.30. The maximum absolute atomic E-state index is 13.5. The number of likely N-dealkylation sites (N-methyl/N-ethyl adjacent to an activating group) is 1. The standard InChI is InChI=1S/C65H123N2O7P/c1-7-10-13-16-19-22-25-27-29-31-33-35-37-39-42-45-48-51-54-57-64(68)66-62(61-73-75(70,71)72-60-59-67(4,5)6)63(56-53-50-47-44-41-24-21-18-15-12-9-3)74-65(69)58-55-52-49-46-43-40-38-36-34-32-30-28-26-23-20-17-14-11-8-2/h19,22,27-30,53,56,62-63H,7-18,20-21,23-26,31-52,54-55,57-61H2,1-6H3,(H-,66,68,70,71)/p+1/b22-19-,29-27-,30-28+,56-53+. The summed E-state index contributed by atoms with van der Waals surface area (Å²) in [5.41, 5.74) is 0. The molecule has 0 aliphatic rings. The van der Waals surface area contributed by atoms with E-state index in [1.807, 2.05) is 33.3 Å². The lowest BCUT2D eigenvalue weighted by Crippen LogP contribution is -2.47. The van der Waals surface area contributed by atoms with Crippen molar-refractivity contribution in [3.05, 3.63) is 48.6 Å². The molecule has 0 bridgehead atoms. The van der Waals surface area contributed by atoms with E-state index in [4.69, 9.17) is 13.8 Å². The summed E-state index contributed by atoms with van der Waals surface area (Å²) in [7, 11) is 1.50. The summed E-state index contributed by atoms with van der Waals surface area (Å²) in [6.07, 6.45) is 68.2. The molecular formula is C65H124N2O7P+. The number of phosphoric ester groups is 1. The Hall–Kier alpha value is -2.03. The predicted molar refractivity (Wildman–Crippen MR) is 323 cm³/mol. The minimum absolute atomic E-state index is 0.0395. The molecule has 0 aromatic heterocycles. The second-order valence-corrected chi connectivity index (χ2v) is 24.4. The predicted octanol–water partition coefficient (Wildman–Crippen LogP) is 19.7. The Morgan fingerprint density at radius 1 is 0.467 bits per heavy atom. The Balaban J connectivity index is 5.18. The van der Waals surface area contributed by atoms with Crippen molar-refractivity contribution in [2.75, 3.05) is 40.9 Å². The molecule has 0 fully saturated rings. The highest BCUT2D eigenvalue weighted by molar-refractivity contribution is 7.47. The lowest BCUT2D eigenvalue weighted by Gasteiger charge is -2.27. The molecule has 9 nitrogen and oxygen atoms in total. The molecule has 0 aliphatic carbocycles. The Labute approximate surface area is 465 Å². The number of allylic oxidation sites excluding steroid dienone is 7. The monoisotopic (exact) mass is 1080 g/mol. The van der Waals surface area contributed by atoms with E-state index in [2.05, 4.69) is 62.5 Å². The molecule has 0 saturated heterocycles. The lowest BCUT2D eigenvalue weighted by molar-refractivity contribution is -0.870. The smallest absolute Gasteiger partial charge is 0.456 e. The van der Waals surface area contributed by atoms with Crippen LogP contribution in [0.5, 0.6) is 0 Å². The molecular weight excluding hydrogens is 952 g/mol. The fourth-order valence-corrected chi connectivity index (χ4v) is 10.00. The van der Waals surface area contributed by atoms with Crippen LogP contribution in [0.3, 0.4) is 0 Å². The molecule has 3 unspecified atom stereocenters. The van der Waals surface area contributed by atoms with Crippen LogP contribution in [0.25, 0.3) is 0 Å². The molecule has 0 radical (unpaired) electrons. The Kier molecular flexibility index (Phi) is 53.8. The number of carbonyl (C=O) groups is 2. The number of amides is 1. The fourth-order valence-electron chi connectivity index (χ4n) is 9.26. The van der Waals surface area contributed by atoms with Gasteiger partial charge in [0.15, 0.2) is 0 Å².